The minimum absolute atomic E-state index is 0.0224. The Kier molecular flexibility index (Phi) is 13.7. The highest BCUT2D eigenvalue weighted by atomic mass is 28.3. The van der Waals surface area contributed by atoms with Crippen LogP contribution in [0.25, 0.3) is 0 Å². The second-order valence-electron chi connectivity index (χ2n) is 4.62. The molecule has 1 unspecified atom stereocenters. The van der Waals surface area contributed by atoms with Crippen LogP contribution in [0.3, 0.4) is 0 Å². The Balaban J connectivity index is 4.32. The highest BCUT2D eigenvalue weighted by molar-refractivity contribution is 6.60. The van der Waals surface area contributed by atoms with Crippen molar-refractivity contribution in [3.05, 3.63) is 0 Å². The van der Waals surface area contributed by atoms with Gasteiger partial charge in [-0.25, -0.2) is 0 Å². The largest absolute Gasteiger partial charge is 0.556 e. The Morgan fingerprint density at radius 1 is 1.26 bits per heavy atom. The summed E-state index contributed by atoms with van der Waals surface area (Å²) in [6.07, 6.45) is 0.803. The number of nitrogens with one attached hydrogen (secondary N) is 1. The summed E-state index contributed by atoms with van der Waals surface area (Å²) in [4.78, 5) is 23.4. The molecule has 0 aromatic carbocycles. The van der Waals surface area contributed by atoms with Gasteiger partial charge in [-0.05, 0) is 39.4 Å². The first-order valence-corrected chi connectivity index (χ1v) is 11.7. The molecule has 0 spiro atoms. The molecule has 23 heavy (non-hydrogen) atoms. The van der Waals surface area contributed by atoms with Gasteiger partial charge in [-0.3, -0.25) is 9.59 Å². The molecule has 0 saturated heterocycles. The smallest absolute Gasteiger partial charge is 0.323 e. The van der Waals surface area contributed by atoms with Crippen LogP contribution < -0.4 is 5.32 Å². The lowest BCUT2D eigenvalue weighted by Gasteiger charge is -2.16. The van der Waals surface area contributed by atoms with Crippen LogP contribution in [0.2, 0.25) is 12.6 Å². The van der Waals surface area contributed by atoms with Gasteiger partial charge >= 0.3 is 11.9 Å². The fourth-order valence-electron chi connectivity index (χ4n) is 1.79. The van der Waals surface area contributed by atoms with E-state index in [4.69, 9.17) is 18.3 Å². The summed E-state index contributed by atoms with van der Waals surface area (Å²) in [7, 11) is 0.163. The third-order valence-electron chi connectivity index (χ3n) is 2.88. The lowest BCUT2D eigenvalue weighted by molar-refractivity contribution is -0.152. The standard InChI is InChI=1S/C14H29NO6Si2/c1-5-19-13(16)10-12(14(17)20-6-2)15-8-7-9-23(18-3)11-21-22-4/h11-12,15H,5-10,22H2,1-4H3/b23-11+. The zero-order valence-electron chi connectivity index (χ0n) is 14.6. The lowest BCUT2D eigenvalue weighted by atomic mass is 10.2. The molecule has 0 rings (SSSR count). The molecule has 0 aromatic rings. The molecule has 7 nitrogen and oxygen atoms in total. The number of hydrogen-bond donors (Lipinski definition) is 1. The predicted molar refractivity (Wildman–Crippen MR) is 93.4 cm³/mol. The summed E-state index contributed by atoms with van der Waals surface area (Å²) < 4.78 is 20.7. The molecule has 1 N–H and O–H groups in total. The van der Waals surface area contributed by atoms with E-state index in [1.54, 1.807) is 21.0 Å². The molecule has 0 heterocycles. The number of carbonyl (C=O) groups is 2. The molecule has 0 aliphatic heterocycles. The summed E-state index contributed by atoms with van der Waals surface area (Å²) in [5.41, 5.74) is 0. The van der Waals surface area contributed by atoms with Crippen molar-refractivity contribution in [3.63, 3.8) is 0 Å². The monoisotopic (exact) mass is 363 g/mol. The van der Waals surface area contributed by atoms with E-state index < -0.39 is 36.4 Å². The molecule has 0 radical (unpaired) electrons. The average molecular weight is 364 g/mol. The van der Waals surface area contributed by atoms with Crippen molar-refractivity contribution in [2.75, 3.05) is 26.9 Å². The second kappa shape index (κ2) is 14.4. The summed E-state index contributed by atoms with van der Waals surface area (Å²) in [5, 5.41) is 3.07. The third kappa shape index (κ3) is 11.0. The molecule has 0 fully saturated rings. The van der Waals surface area contributed by atoms with Crippen LogP contribution in [0.4, 0.5) is 0 Å². The number of hydrogen-bond acceptors (Lipinski definition) is 7. The van der Waals surface area contributed by atoms with Crippen LogP contribution in [0.1, 0.15) is 26.7 Å². The first kappa shape index (κ1) is 21.8. The molecule has 1 atom stereocenters. The van der Waals surface area contributed by atoms with Crippen LogP contribution in [0.5, 0.6) is 0 Å². The number of ether oxygens (including phenoxy) is 2. The van der Waals surface area contributed by atoms with E-state index >= 15 is 0 Å². The maximum Gasteiger partial charge on any atom is 0.323 e. The summed E-state index contributed by atoms with van der Waals surface area (Å²) in [5.74, 6) is 0.997. The Labute approximate surface area is 142 Å². The van der Waals surface area contributed by atoms with E-state index in [9.17, 15) is 9.59 Å². The van der Waals surface area contributed by atoms with Gasteiger partial charge in [0.25, 0.3) is 8.65 Å². The number of esters is 2. The van der Waals surface area contributed by atoms with Gasteiger partial charge in [-0.2, -0.15) is 0 Å². The topological polar surface area (TPSA) is 83.1 Å². The average Bonchev–Trinajstić information content (AvgIpc) is 2.53. The van der Waals surface area contributed by atoms with Gasteiger partial charge in [0, 0.05) is 0 Å². The molecule has 9 heteroatoms. The minimum atomic E-state index is -1.07. The van der Waals surface area contributed by atoms with E-state index in [2.05, 4.69) is 11.9 Å². The lowest BCUT2D eigenvalue weighted by Crippen LogP contribution is -2.40. The Hall–Kier alpha value is -1.20. The molecule has 0 saturated carbocycles. The van der Waals surface area contributed by atoms with Crippen molar-refractivity contribution >= 4 is 36.2 Å². The maximum atomic E-state index is 11.9. The van der Waals surface area contributed by atoms with E-state index in [1.165, 1.54) is 0 Å². The maximum absolute atomic E-state index is 11.9. The van der Waals surface area contributed by atoms with Gasteiger partial charge in [0.1, 0.15) is 6.04 Å². The van der Waals surface area contributed by atoms with Gasteiger partial charge < -0.3 is 23.6 Å². The fourth-order valence-corrected chi connectivity index (χ4v) is 4.15. The number of carbonyl (C=O) groups excluding carboxylic acids is 2. The summed E-state index contributed by atoms with van der Waals surface area (Å²) in [6, 6.07) is 0.202. The van der Waals surface area contributed by atoms with Crippen LogP contribution in [-0.2, 0) is 27.9 Å². The van der Waals surface area contributed by atoms with Gasteiger partial charge in [0.05, 0.1) is 32.6 Å². The first-order chi connectivity index (χ1) is 11.1. The van der Waals surface area contributed by atoms with Gasteiger partial charge in [0.2, 0.25) is 9.76 Å². The van der Waals surface area contributed by atoms with Crippen LogP contribution in [-0.4, -0.2) is 69.1 Å². The normalized spacial score (nSPS) is 13.0. The van der Waals surface area contributed by atoms with Crippen molar-refractivity contribution in [3.8, 4) is 0 Å². The van der Waals surface area contributed by atoms with E-state index in [0.29, 0.717) is 13.2 Å². The third-order valence-corrected chi connectivity index (χ3v) is 5.52. The minimum Gasteiger partial charge on any atom is -0.556 e. The van der Waals surface area contributed by atoms with Crippen molar-refractivity contribution in [2.45, 2.75) is 45.3 Å². The second-order valence-corrected chi connectivity index (χ2v) is 7.60. The van der Waals surface area contributed by atoms with Crippen LogP contribution in [0, 0.1) is 0 Å². The fraction of sp³-hybridized carbons (Fsp3) is 0.786. The highest BCUT2D eigenvalue weighted by Crippen LogP contribution is 2.00. The zero-order valence-corrected chi connectivity index (χ0v) is 17.0. The van der Waals surface area contributed by atoms with Crippen molar-refractivity contribution < 1.29 is 27.9 Å². The SMILES string of the molecule is CCOC(=O)CC(NCCC/[Si](=C\O[SiH2]C)OC)C(=O)OCC. The summed E-state index contributed by atoms with van der Waals surface area (Å²) >= 11 is 0. The highest BCUT2D eigenvalue weighted by Gasteiger charge is 2.23. The summed E-state index contributed by atoms with van der Waals surface area (Å²) in [6.45, 7) is 6.70. The van der Waals surface area contributed by atoms with Crippen LogP contribution in [0.15, 0.2) is 0 Å². The molecule has 0 aliphatic rings. The van der Waals surface area contributed by atoms with Gasteiger partial charge in [-0.1, -0.05) is 0 Å². The molecular weight excluding hydrogens is 334 g/mol. The molecular formula is C14H29NO6Si2. The van der Waals surface area contributed by atoms with Crippen molar-refractivity contribution in [1.29, 1.82) is 0 Å². The number of rotatable bonds is 13. The van der Waals surface area contributed by atoms with Crippen LogP contribution >= 0.6 is 0 Å². The predicted octanol–water partition coefficient (Wildman–Crippen LogP) is -0.0212. The Bertz CT molecular complexity index is 378. The van der Waals surface area contributed by atoms with Gasteiger partial charge in [-0.15, -0.1) is 0 Å². The van der Waals surface area contributed by atoms with E-state index in [1.807, 2.05) is 5.86 Å². The Morgan fingerprint density at radius 3 is 2.52 bits per heavy atom. The molecule has 0 aliphatic carbocycles. The zero-order chi connectivity index (χ0) is 17.5. The molecule has 0 aromatic heterocycles. The van der Waals surface area contributed by atoms with E-state index in [0.717, 1.165) is 12.5 Å². The van der Waals surface area contributed by atoms with Gasteiger partial charge in [0.15, 0.2) is 0 Å². The Morgan fingerprint density at radius 2 is 1.96 bits per heavy atom. The molecule has 0 bridgehead atoms. The first-order valence-electron chi connectivity index (χ1n) is 7.99. The van der Waals surface area contributed by atoms with Crippen molar-refractivity contribution in [2.24, 2.45) is 0 Å². The molecule has 134 valence electrons. The quantitative estimate of drug-likeness (QED) is 0.280. The van der Waals surface area contributed by atoms with E-state index in [-0.39, 0.29) is 13.0 Å². The van der Waals surface area contributed by atoms with Crippen molar-refractivity contribution in [1.82, 2.24) is 5.32 Å². The molecule has 0 amide bonds.